The van der Waals surface area contributed by atoms with Crippen LogP contribution in [0.1, 0.15) is 23.1 Å². The number of rotatable bonds is 4. The van der Waals surface area contributed by atoms with Crippen molar-refractivity contribution in [3.05, 3.63) is 40.7 Å². The third kappa shape index (κ3) is 3.73. The van der Waals surface area contributed by atoms with Gasteiger partial charge >= 0.3 is 0 Å². The zero-order valence-corrected chi connectivity index (χ0v) is 11.7. The zero-order valence-electron chi connectivity index (χ0n) is 10.1. The maximum atomic E-state index is 12.0. The molecule has 1 aromatic carbocycles. The van der Waals surface area contributed by atoms with Crippen LogP contribution < -0.4 is 5.32 Å². The summed E-state index contributed by atoms with van der Waals surface area (Å²) in [5.74, 6) is 0.180. The van der Waals surface area contributed by atoms with E-state index in [-0.39, 0.29) is 5.91 Å². The number of carbonyl (C=O) groups excluding carboxylic acids is 1. The predicted octanol–water partition coefficient (Wildman–Crippen LogP) is 2.37. The third-order valence-electron chi connectivity index (χ3n) is 2.29. The first-order valence-electron chi connectivity index (χ1n) is 5.63. The van der Waals surface area contributed by atoms with Crippen molar-refractivity contribution >= 4 is 34.2 Å². The molecule has 2 aromatic rings. The van der Waals surface area contributed by atoms with E-state index in [9.17, 15) is 9.90 Å². The summed E-state index contributed by atoms with van der Waals surface area (Å²) in [6.07, 6.45) is -0.153. The number of hydrogen-bond donors (Lipinski definition) is 2. The van der Waals surface area contributed by atoms with Crippen molar-refractivity contribution in [1.82, 2.24) is 9.36 Å². The van der Waals surface area contributed by atoms with E-state index in [1.165, 1.54) is 0 Å². The van der Waals surface area contributed by atoms with E-state index in [0.717, 1.165) is 11.5 Å². The van der Waals surface area contributed by atoms with Crippen molar-refractivity contribution in [3.63, 3.8) is 0 Å². The van der Waals surface area contributed by atoms with E-state index in [4.69, 9.17) is 11.6 Å². The van der Waals surface area contributed by atoms with Gasteiger partial charge in [0.25, 0.3) is 5.91 Å². The Labute approximate surface area is 119 Å². The van der Waals surface area contributed by atoms with Crippen LogP contribution in [0.25, 0.3) is 0 Å². The van der Waals surface area contributed by atoms with Gasteiger partial charge in [-0.1, -0.05) is 23.7 Å². The Morgan fingerprint density at radius 2 is 2.26 bits per heavy atom. The van der Waals surface area contributed by atoms with Crippen molar-refractivity contribution in [3.8, 4) is 0 Å². The van der Waals surface area contributed by atoms with Gasteiger partial charge in [0.15, 0.2) is 0 Å². The smallest absolute Gasteiger partial charge is 0.258 e. The lowest BCUT2D eigenvalue weighted by molar-refractivity contribution is 0.102. The molecular weight excluding hydrogens is 286 g/mol. The second-order valence-electron chi connectivity index (χ2n) is 4.00. The van der Waals surface area contributed by atoms with Gasteiger partial charge in [-0.3, -0.25) is 10.1 Å². The third-order valence-corrected chi connectivity index (χ3v) is 3.28. The molecule has 1 aromatic heterocycles. The number of hydrogen-bond acceptors (Lipinski definition) is 5. The van der Waals surface area contributed by atoms with Crippen LogP contribution in [0, 0.1) is 0 Å². The average molecular weight is 298 g/mol. The van der Waals surface area contributed by atoms with E-state index in [1.54, 1.807) is 31.2 Å². The Hall–Kier alpha value is -1.50. The van der Waals surface area contributed by atoms with Gasteiger partial charge in [-0.2, -0.15) is 4.37 Å². The normalized spacial score (nSPS) is 12.2. The molecule has 1 amide bonds. The van der Waals surface area contributed by atoms with E-state index >= 15 is 0 Å². The molecule has 19 heavy (non-hydrogen) atoms. The number of aliphatic hydroxyl groups excluding tert-OH is 1. The summed E-state index contributed by atoms with van der Waals surface area (Å²) in [6.45, 7) is 1.66. The molecule has 0 saturated carbocycles. The maximum absolute atomic E-state index is 12.0. The number of aromatic nitrogens is 2. The van der Waals surface area contributed by atoms with Crippen LogP contribution in [0.3, 0.4) is 0 Å². The van der Waals surface area contributed by atoms with Crippen LogP contribution in [0.15, 0.2) is 24.3 Å². The lowest BCUT2D eigenvalue weighted by atomic mass is 10.2. The van der Waals surface area contributed by atoms with Gasteiger partial charge < -0.3 is 5.11 Å². The molecule has 0 aliphatic rings. The highest BCUT2D eigenvalue weighted by atomic mass is 35.5. The molecule has 2 N–H and O–H groups in total. The number of nitrogens with one attached hydrogen (secondary N) is 1. The number of nitrogens with zero attached hydrogens (tertiary/aromatic N) is 2. The van der Waals surface area contributed by atoms with Crippen LogP contribution in [-0.2, 0) is 6.42 Å². The Morgan fingerprint density at radius 3 is 2.95 bits per heavy atom. The van der Waals surface area contributed by atoms with Gasteiger partial charge in [-0.05, 0) is 19.1 Å². The highest BCUT2D eigenvalue weighted by molar-refractivity contribution is 7.09. The zero-order chi connectivity index (χ0) is 13.8. The monoisotopic (exact) mass is 297 g/mol. The van der Waals surface area contributed by atoms with Crippen molar-refractivity contribution in [2.75, 3.05) is 5.32 Å². The van der Waals surface area contributed by atoms with Crippen LogP contribution in [0.4, 0.5) is 5.13 Å². The molecule has 0 aliphatic heterocycles. The summed E-state index contributed by atoms with van der Waals surface area (Å²) in [6, 6.07) is 6.77. The van der Waals surface area contributed by atoms with Crippen molar-refractivity contribution in [1.29, 1.82) is 0 Å². The molecule has 5 nitrogen and oxygen atoms in total. The molecule has 7 heteroatoms. The molecule has 0 saturated heterocycles. The Bertz CT molecular complexity index is 586. The summed E-state index contributed by atoms with van der Waals surface area (Å²) in [5.41, 5.74) is 0.386. The van der Waals surface area contributed by atoms with Gasteiger partial charge in [-0.15, -0.1) is 0 Å². The van der Waals surface area contributed by atoms with Gasteiger partial charge in [0.2, 0.25) is 5.13 Å². The minimum Gasteiger partial charge on any atom is -0.393 e. The van der Waals surface area contributed by atoms with E-state index < -0.39 is 6.10 Å². The topological polar surface area (TPSA) is 75.1 Å². The Balaban J connectivity index is 2.07. The second-order valence-corrected chi connectivity index (χ2v) is 5.16. The van der Waals surface area contributed by atoms with E-state index in [2.05, 4.69) is 14.7 Å². The van der Waals surface area contributed by atoms with Crippen LogP contribution in [0.5, 0.6) is 0 Å². The number of halogens is 1. The molecule has 0 radical (unpaired) electrons. The SMILES string of the molecule is CC(O)Cc1nsc(NC(=O)c2ccccc2Cl)n1. The Morgan fingerprint density at radius 1 is 1.53 bits per heavy atom. The van der Waals surface area contributed by atoms with Gasteiger partial charge in [0.1, 0.15) is 5.82 Å². The van der Waals surface area contributed by atoms with Crippen molar-refractivity contribution in [2.24, 2.45) is 0 Å². The van der Waals surface area contributed by atoms with E-state index in [1.807, 2.05) is 0 Å². The number of amides is 1. The molecule has 0 fully saturated rings. The summed E-state index contributed by atoms with van der Waals surface area (Å²) in [5, 5.41) is 12.6. The Kier molecular flexibility index (Phi) is 4.47. The molecule has 100 valence electrons. The van der Waals surface area contributed by atoms with Crippen LogP contribution >= 0.6 is 23.1 Å². The van der Waals surface area contributed by atoms with Gasteiger partial charge in [-0.25, -0.2) is 4.98 Å². The van der Waals surface area contributed by atoms with Crippen LogP contribution in [0.2, 0.25) is 5.02 Å². The minimum atomic E-state index is -0.512. The molecule has 2 rings (SSSR count). The quantitative estimate of drug-likeness (QED) is 0.908. The maximum Gasteiger partial charge on any atom is 0.258 e. The predicted molar refractivity (Wildman–Crippen MR) is 74.7 cm³/mol. The molecular formula is C12H12ClN3O2S. The standard InChI is InChI=1S/C12H12ClN3O2S/c1-7(17)6-10-14-12(19-16-10)15-11(18)8-4-2-3-5-9(8)13/h2-5,7,17H,6H2,1H3,(H,14,15,16,18). The molecule has 0 spiro atoms. The summed E-state index contributed by atoms with van der Waals surface area (Å²) >= 11 is 7.01. The fourth-order valence-corrected chi connectivity index (χ4v) is 2.27. The van der Waals surface area contributed by atoms with Crippen molar-refractivity contribution in [2.45, 2.75) is 19.4 Å². The molecule has 1 unspecified atom stereocenters. The fourth-order valence-electron chi connectivity index (χ4n) is 1.46. The second kappa shape index (κ2) is 6.10. The largest absolute Gasteiger partial charge is 0.393 e. The average Bonchev–Trinajstić information content (AvgIpc) is 2.76. The molecule has 0 bridgehead atoms. The number of anilines is 1. The molecule has 1 heterocycles. The number of aliphatic hydroxyl groups is 1. The first-order chi connectivity index (χ1) is 9.06. The summed E-state index contributed by atoms with van der Waals surface area (Å²) in [7, 11) is 0. The number of benzene rings is 1. The highest BCUT2D eigenvalue weighted by Crippen LogP contribution is 2.18. The molecule has 1 atom stereocenters. The van der Waals surface area contributed by atoms with E-state index in [0.29, 0.717) is 28.0 Å². The first-order valence-corrected chi connectivity index (χ1v) is 6.78. The molecule has 0 aliphatic carbocycles. The van der Waals surface area contributed by atoms with Gasteiger partial charge in [0.05, 0.1) is 16.7 Å². The van der Waals surface area contributed by atoms with Gasteiger partial charge in [0, 0.05) is 18.0 Å². The summed E-state index contributed by atoms with van der Waals surface area (Å²) in [4.78, 5) is 16.1. The lowest BCUT2D eigenvalue weighted by Crippen LogP contribution is -2.12. The summed E-state index contributed by atoms with van der Waals surface area (Å²) < 4.78 is 4.05. The first kappa shape index (κ1) is 13.9. The van der Waals surface area contributed by atoms with Crippen LogP contribution in [-0.4, -0.2) is 26.5 Å². The fraction of sp³-hybridized carbons (Fsp3) is 0.250. The minimum absolute atomic E-state index is 0.328. The lowest BCUT2D eigenvalue weighted by Gasteiger charge is -2.02. The highest BCUT2D eigenvalue weighted by Gasteiger charge is 2.13. The number of carbonyl (C=O) groups is 1. The van der Waals surface area contributed by atoms with Crippen molar-refractivity contribution < 1.29 is 9.90 Å².